The van der Waals surface area contributed by atoms with Gasteiger partial charge in [0.1, 0.15) is 12.2 Å². The van der Waals surface area contributed by atoms with E-state index in [2.05, 4.69) is 20.8 Å². The molecule has 6 nitrogen and oxygen atoms in total. The molecule has 0 aliphatic heterocycles. The topological polar surface area (TPSA) is 71.1 Å². The Morgan fingerprint density at radius 3 is 1.86 bits per heavy atom. The molecule has 0 bridgehead atoms. The summed E-state index contributed by atoms with van der Waals surface area (Å²) in [5.41, 5.74) is -0.565. The van der Waals surface area contributed by atoms with Gasteiger partial charge in [0.2, 0.25) is 0 Å². The van der Waals surface area contributed by atoms with Crippen molar-refractivity contribution in [1.29, 1.82) is 0 Å². The Labute approximate surface area is 171 Å². The van der Waals surface area contributed by atoms with Crippen LogP contribution in [-0.4, -0.2) is 50.1 Å². The van der Waals surface area contributed by atoms with Crippen LogP contribution >= 0.6 is 0 Å². The fraction of sp³-hybridized carbons (Fsp3) is 0.909. The first-order valence-electron chi connectivity index (χ1n) is 10.9. The Kier molecular flexibility index (Phi) is 16.1. The first-order valence-corrected chi connectivity index (χ1v) is 10.9. The van der Waals surface area contributed by atoms with Crippen LogP contribution in [0, 0.1) is 0 Å². The summed E-state index contributed by atoms with van der Waals surface area (Å²) in [5.74, 6) is -0.549. The molecule has 0 heterocycles. The zero-order valence-corrected chi connectivity index (χ0v) is 18.7. The van der Waals surface area contributed by atoms with Gasteiger partial charge in [-0.05, 0) is 32.1 Å². The molecule has 0 N–H and O–H groups in total. The van der Waals surface area contributed by atoms with Crippen LogP contribution in [0.15, 0.2) is 0 Å². The zero-order chi connectivity index (χ0) is 21.3. The fourth-order valence-corrected chi connectivity index (χ4v) is 3.34. The molecule has 0 aromatic rings. The molecule has 0 aliphatic rings. The van der Waals surface area contributed by atoms with Crippen molar-refractivity contribution < 1.29 is 28.5 Å². The van der Waals surface area contributed by atoms with Crippen LogP contribution in [0.2, 0.25) is 0 Å². The van der Waals surface area contributed by atoms with Gasteiger partial charge in [0, 0.05) is 13.8 Å². The van der Waals surface area contributed by atoms with Gasteiger partial charge in [0.25, 0.3) is 0 Å². The van der Waals surface area contributed by atoms with E-state index in [0.29, 0.717) is 19.8 Å². The summed E-state index contributed by atoms with van der Waals surface area (Å²) in [6, 6.07) is 0. The Balaban J connectivity index is 4.96. The third-order valence-corrected chi connectivity index (χ3v) is 4.74. The van der Waals surface area contributed by atoms with E-state index in [-0.39, 0.29) is 24.6 Å². The summed E-state index contributed by atoms with van der Waals surface area (Å²) in [5, 5.41) is 0. The molecule has 0 aromatic heterocycles. The van der Waals surface area contributed by atoms with Crippen molar-refractivity contribution in [3.05, 3.63) is 0 Å². The highest BCUT2D eigenvalue weighted by Crippen LogP contribution is 2.34. The minimum absolute atomic E-state index is 0.133. The maximum Gasteiger partial charge on any atom is 0.303 e. The van der Waals surface area contributed by atoms with Crippen LogP contribution < -0.4 is 0 Å². The smallest absolute Gasteiger partial charge is 0.303 e. The second-order valence-corrected chi connectivity index (χ2v) is 7.32. The van der Waals surface area contributed by atoms with E-state index in [0.717, 1.165) is 57.8 Å². The lowest BCUT2D eigenvalue weighted by Crippen LogP contribution is -2.48. The number of hydrogen-bond acceptors (Lipinski definition) is 6. The van der Waals surface area contributed by atoms with Crippen molar-refractivity contribution in [3.8, 4) is 0 Å². The van der Waals surface area contributed by atoms with Crippen LogP contribution in [0.3, 0.4) is 0 Å². The van der Waals surface area contributed by atoms with Crippen molar-refractivity contribution in [2.45, 2.75) is 104 Å². The second-order valence-electron chi connectivity index (χ2n) is 7.32. The minimum atomic E-state index is -0.565. The van der Waals surface area contributed by atoms with Crippen molar-refractivity contribution in [3.63, 3.8) is 0 Å². The lowest BCUT2D eigenvalue weighted by Gasteiger charge is -2.40. The third kappa shape index (κ3) is 12.3. The van der Waals surface area contributed by atoms with E-state index in [1.54, 1.807) is 0 Å². The second kappa shape index (κ2) is 16.8. The van der Waals surface area contributed by atoms with E-state index < -0.39 is 5.60 Å². The molecule has 6 heteroatoms. The van der Waals surface area contributed by atoms with Gasteiger partial charge < -0.3 is 18.9 Å². The van der Waals surface area contributed by atoms with Gasteiger partial charge in [-0.15, -0.1) is 0 Å². The standard InChI is InChI=1S/C22H42O6/c1-6-9-12-21(27-18-16-25-15-17-26-19(4)23)22(13-10-7-2,14-11-8-3)28-20(5)24/h21H,6-18H2,1-5H3. The Bertz CT molecular complexity index is 402. The Hall–Kier alpha value is -1.14. The third-order valence-electron chi connectivity index (χ3n) is 4.74. The van der Waals surface area contributed by atoms with Crippen molar-refractivity contribution in [2.75, 3.05) is 26.4 Å². The number of rotatable bonds is 18. The molecule has 0 amide bonds. The summed E-state index contributed by atoms with van der Waals surface area (Å²) in [6.07, 6.45) is 8.58. The first-order chi connectivity index (χ1) is 13.4. The predicted octanol–water partition coefficient (Wildman–Crippen LogP) is 4.82. The Morgan fingerprint density at radius 1 is 0.786 bits per heavy atom. The fourth-order valence-electron chi connectivity index (χ4n) is 3.34. The first kappa shape index (κ1) is 26.9. The SMILES string of the molecule is CCCCC(OCCOCCOC(C)=O)C(CCCC)(CCCC)OC(C)=O. The van der Waals surface area contributed by atoms with Gasteiger partial charge in [-0.3, -0.25) is 9.59 Å². The van der Waals surface area contributed by atoms with Crippen LogP contribution in [0.1, 0.15) is 92.4 Å². The molecule has 0 rings (SSSR count). The van der Waals surface area contributed by atoms with E-state index in [1.807, 2.05) is 0 Å². The van der Waals surface area contributed by atoms with Gasteiger partial charge in [-0.1, -0.05) is 46.5 Å². The number of hydrogen-bond donors (Lipinski definition) is 0. The molecule has 0 spiro atoms. The average molecular weight is 403 g/mol. The number of ether oxygens (including phenoxy) is 4. The van der Waals surface area contributed by atoms with Gasteiger partial charge in [-0.2, -0.15) is 0 Å². The molecule has 28 heavy (non-hydrogen) atoms. The summed E-state index contributed by atoms with van der Waals surface area (Å²) < 4.78 is 22.5. The number of carbonyl (C=O) groups excluding carboxylic acids is 2. The van der Waals surface area contributed by atoms with Crippen LogP contribution in [0.25, 0.3) is 0 Å². The molecule has 0 saturated carbocycles. The Morgan fingerprint density at radius 2 is 1.36 bits per heavy atom. The van der Waals surface area contributed by atoms with Crippen molar-refractivity contribution in [2.24, 2.45) is 0 Å². The molecule has 0 aliphatic carbocycles. The molecule has 0 aromatic carbocycles. The van der Waals surface area contributed by atoms with Gasteiger partial charge in [-0.25, -0.2) is 0 Å². The average Bonchev–Trinajstić information content (AvgIpc) is 2.65. The van der Waals surface area contributed by atoms with Crippen molar-refractivity contribution >= 4 is 11.9 Å². The van der Waals surface area contributed by atoms with E-state index in [1.165, 1.54) is 13.8 Å². The van der Waals surface area contributed by atoms with Crippen LogP contribution in [-0.2, 0) is 28.5 Å². The summed E-state index contributed by atoms with van der Waals surface area (Å²) in [6.45, 7) is 10.8. The highest BCUT2D eigenvalue weighted by Gasteiger charge is 2.41. The monoisotopic (exact) mass is 402 g/mol. The highest BCUT2D eigenvalue weighted by atomic mass is 16.6. The summed E-state index contributed by atoms with van der Waals surface area (Å²) >= 11 is 0. The minimum Gasteiger partial charge on any atom is -0.463 e. The molecule has 1 unspecified atom stereocenters. The maximum atomic E-state index is 11.9. The predicted molar refractivity (Wildman–Crippen MR) is 110 cm³/mol. The maximum absolute atomic E-state index is 11.9. The van der Waals surface area contributed by atoms with Gasteiger partial charge >= 0.3 is 11.9 Å². The number of unbranched alkanes of at least 4 members (excludes halogenated alkanes) is 3. The van der Waals surface area contributed by atoms with Crippen molar-refractivity contribution in [1.82, 2.24) is 0 Å². The van der Waals surface area contributed by atoms with E-state index in [4.69, 9.17) is 18.9 Å². The molecule has 166 valence electrons. The molecular formula is C22H42O6. The van der Waals surface area contributed by atoms with Crippen LogP contribution in [0.5, 0.6) is 0 Å². The molecule has 0 radical (unpaired) electrons. The highest BCUT2D eigenvalue weighted by molar-refractivity contribution is 5.66. The molecule has 0 saturated heterocycles. The van der Waals surface area contributed by atoms with Crippen LogP contribution in [0.4, 0.5) is 0 Å². The van der Waals surface area contributed by atoms with Gasteiger partial charge in [0.15, 0.2) is 0 Å². The lowest BCUT2D eigenvalue weighted by atomic mass is 9.83. The largest absolute Gasteiger partial charge is 0.463 e. The molecule has 0 fully saturated rings. The number of carbonyl (C=O) groups is 2. The molecular weight excluding hydrogens is 360 g/mol. The summed E-state index contributed by atoms with van der Waals surface area (Å²) in [7, 11) is 0. The summed E-state index contributed by atoms with van der Waals surface area (Å²) in [4.78, 5) is 22.7. The van der Waals surface area contributed by atoms with E-state index >= 15 is 0 Å². The van der Waals surface area contributed by atoms with E-state index in [9.17, 15) is 9.59 Å². The molecule has 1 atom stereocenters. The zero-order valence-electron chi connectivity index (χ0n) is 18.7. The quantitative estimate of drug-likeness (QED) is 0.242. The normalized spacial score (nSPS) is 12.6. The van der Waals surface area contributed by atoms with Gasteiger partial charge in [0.05, 0.1) is 25.9 Å². The lowest BCUT2D eigenvalue weighted by molar-refractivity contribution is -0.184. The number of esters is 2.